The molecule has 0 heterocycles. The fraction of sp³-hybridized carbons (Fsp3) is 0.667. The molecular formula is C3H8NaO4P. The third-order valence-electron chi connectivity index (χ3n) is 0.429. The van der Waals surface area contributed by atoms with Crippen molar-refractivity contribution in [3.8, 4) is 0 Å². The quantitative estimate of drug-likeness (QED) is 0.407. The normalized spacial score (nSPS) is 10.1. The van der Waals surface area contributed by atoms with Gasteiger partial charge in [0.2, 0.25) is 0 Å². The predicted octanol–water partition coefficient (Wildman–Crippen LogP) is -0.895. The van der Waals surface area contributed by atoms with E-state index in [2.05, 4.69) is 0 Å². The molecule has 0 atom stereocenters. The zero-order valence-corrected chi connectivity index (χ0v) is 5.26. The number of hydrogen-bond acceptors (Lipinski definition) is 2. The summed E-state index contributed by atoms with van der Waals surface area (Å²) < 4.78 is 9.92. The Morgan fingerprint density at radius 3 is 1.89 bits per heavy atom. The zero-order chi connectivity index (χ0) is 6.78. The van der Waals surface area contributed by atoms with Gasteiger partial charge in [-0.2, -0.15) is 0 Å². The summed E-state index contributed by atoms with van der Waals surface area (Å²) in [5, 5.41) is 0. The molecule has 0 unspecified atom stereocenters. The summed E-state index contributed by atoms with van der Waals surface area (Å²) in [6.45, 7) is 1.14. The number of Topliss-reactive ketones (excluding diaryl/α,β-unsaturated/α-hetero) is 1. The van der Waals surface area contributed by atoms with Crippen LogP contribution in [0, 0.1) is 0 Å². The van der Waals surface area contributed by atoms with Gasteiger partial charge in [0.25, 0.3) is 0 Å². The summed E-state index contributed by atoms with van der Waals surface area (Å²) >= 11 is 0. The second-order valence-electron chi connectivity index (χ2n) is 1.52. The Labute approximate surface area is 75.1 Å². The fourth-order valence-electron chi connectivity index (χ4n) is 0.290. The molecule has 0 aromatic heterocycles. The molecular weight excluding hydrogens is 154 g/mol. The van der Waals surface area contributed by atoms with Crippen molar-refractivity contribution in [3.63, 3.8) is 0 Å². The van der Waals surface area contributed by atoms with E-state index in [9.17, 15) is 9.36 Å². The predicted molar refractivity (Wildman–Crippen MR) is 34.7 cm³/mol. The van der Waals surface area contributed by atoms with Gasteiger partial charge in [0.15, 0.2) is 0 Å². The molecule has 0 spiro atoms. The van der Waals surface area contributed by atoms with Gasteiger partial charge in [0.1, 0.15) is 11.9 Å². The Bertz CT molecular complexity index is 139. The first-order chi connectivity index (χ1) is 3.42. The van der Waals surface area contributed by atoms with Crippen LogP contribution in [0.4, 0.5) is 0 Å². The van der Waals surface area contributed by atoms with Gasteiger partial charge in [0, 0.05) is 0 Å². The Morgan fingerprint density at radius 2 is 1.89 bits per heavy atom. The Balaban J connectivity index is 0. The van der Waals surface area contributed by atoms with E-state index in [1.807, 2.05) is 0 Å². The molecule has 0 bridgehead atoms. The average molecular weight is 162 g/mol. The van der Waals surface area contributed by atoms with Gasteiger partial charge >= 0.3 is 37.2 Å². The van der Waals surface area contributed by atoms with Crippen molar-refractivity contribution in [2.24, 2.45) is 0 Å². The fourth-order valence-corrected chi connectivity index (χ4v) is 0.870. The van der Waals surface area contributed by atoms with Crippen LogP contribution in [0.1, 0.15) is 6.92 Å². The van der Waals surface area contributed by atoms with Crippen LogP contribution in [0.5, 0.6) is 0 Å². The summed E-state index contributed by atoms with van der Waals surface area (Å²) in [6, 6.07) is 0. The molecule has 50 valence electrons. The topological polar surface area (TPSA) is 74.6 Å². The van der Waals surface area contributed by atoms with E-state index in [-0.39, 0.29) is 29.6 Å². The molecule has 2 N–H and O–H groups in total. The Kier molecular flexibility index (Phi) is 6.39. The maximum absolute atomic E-state index is 9.97. The van der Waals surface area contributed by atoms with Gasteiger partial charge in [0.05, 0.1) is 0 Å². The summed E-state index contributed by atoms with van der Waals surface area (Å²) in [5.74, 6) is -0.488. The average Bonchev–Trinajstić information content (AvgIpc) is 1.21. The molecule has 4 nitrogen and oxygen atoms in total. The van der Waals surface area contributed by atoms with E-state index in [4.69, 9.17) is 9.79 Å². The number of carbonyl (C=O) groups is 1. The number of hydrogen-bond donors (Lipinski definition) is 2. The molecule has 0 aliphatic carbocycles. The molecule has 0 aliphatic heterocycles. The SMILES string of the molecule is CC(=O)CP(=O)(O)O.[NaH]. The van der Waals surface area contributed by atoms with Gasteiger partial charge in [-0.25, -0.2) is 0 Å². The van der Waals surface area contributed by atoms with Crippen molar-refractivity contribution in [2.75, 3.05) is 6.16 Å². The number of carbonyl (C=O) groups excluding carboxylic acids is 1. The number of rotatable bonds is 2. The van der Waals surface area contributed by atoms with E-state index < -0.39 is 19.5 Å². The molecule has 6 heteroatoms. The summed E-state index contributed by atoms with van der Waals surface area (Å²) in [6.07, 6.45) is -0.646. The van der Waals surface area contributed by atoms with Crippen molar-refractivity contribution in [1.82, 2.24) is 0 Å². The van der Waals surface area contributed by atoms with E-state index in [0.29, 0.717) is 0 Å². The summed E-state index contributed by atoms with van der Waals surface area (Å²) in [5.41, 5.74) is 0. The van der Waals surface area contributed by atoms with E-state index >= 15 is 0 Å². The zero-order valence-electron chi connectivity index (χ0n) is 4.37. The van der Waals surface area contributed by atoms with E-state index in [0.717, 1.165) is 6.92 Å². The molecule has 0 aliphatic rings. The van der Waals surface area contributed by atoms with Crippen molar-refractivity contribution in [1.29, 1.82) is 0 Å². The molecule has 0 rings (SSSR count). The first kappa shape index (κ1) is 12.5. The van der Waals surface area contributed by atoms with E-state index in [1.54, 1.807) is 0 Å². The monoisotopic (exact) mass is 162 g/mol. The summed E-state index contributed by atoms with van der Waals surface area (Å²) in [7, 11) is -4.07. The second-order valence-corrected chi connectivity index (χ2v) is 3.17. The van der Waals surface area contributed by atoms with E-state index in [1.165, 1.54) is 0 Å². The first-order valence-electron chi connectivity index (χ1n) is 1.96. The van der Waals surface area contributed by atoms with Crippen LogP contribution in [0.15, 0.2) is 0 Å². The van der Waals surface area contributed by atoms with Gasteiger partial charge in [-0.15, -0.1) is 0 Å². The summed E-state index contributed by atoms with van der Waals surface area (Å²) in [4.78, 5) is 26.1. The molecule has 0 amide bonds. The van der Waals surface area contributed by atoms with Crippen LogP contribution in [-0.4, -0.2) is 51.3 Å². The van der Waals surface area contributed by atoms with Gasteiger partial charge < -0.3 is 9.79 Å². The van der Waals surface area contributed by atoms with Crippen LogP contribution in [-0.2, 0) is 9.36 Å². The van der Waals surface area contributed by atoms with Crippen LogP contribution in [0.3, 0.4) is 0 Å². The van der Waals surface area contributed by atoms with Crippen LogP contribution < -0.4 is 0 Å². The van der Waals surface area contributed by atoms with Crippen LogP contribution in [0.2, 0.25) is 0 Å². The number of ketones is 1. The Morgan fingerprint density at radius 1 is 1.56 bits per heavy atom. The van der Waals surface area contributed by atoms with Gasteiger partial charge in [-0.05, 0) is 6.92 Å². The third-order valence-corrected chi connectivity index (χ3v) is 1.29. The molecule has 0 radical (unpaired) electrons. The molecule has 0 aromatic rings. The van der Waals surface area contributed by atoms with Crippen LogP contribution in [0.25, 0.3) is 0 Å². The van der Waals surface area contributed by atoms with Crippen molar-refractivity contribution in [3.05, 3.63) is 0 Å². The molecule has 0 fully saturated rings. The molecule has 0 aromatic carbocycles. The standard InChI is InChI=1S/C3H7O4P.Na.H/c1-3(4)2-8(5,6)7;;/h2H2,1H3,(H2,5,6,7);;. The molecule has 9 heavy (non-hydrogen) atoms. The maximum atomic E-state index is 9.97. The minimum absolute atomic E-state index is 0. The first-order valence-corrected chi connectivity index (χ1v) is 3.75. The molecule has 0 saturated heterocycles. The second kappa shape index (κ2) is 4.61. The van der Waals surface area contributed by atoms with Crippen molar-refractivity contribution >= 4 is 42.9 Å². The van der Waals surface area contributed by atoms with Gasteiger partial charge in [-0.3, -0.25) is 9.36 Å². The van der Waals surface area contributed by atoms with Crippen molar-refractivity contribution < 1.29 is 19.1 Å². The van der Waals surface area contributed by atoms with Crippen LogP contribution >= 0.6 is 7.60 Å². The Hall–Kier alpha value is 0.820. The third kappa shape index (κ3) is 12.1. The van der Waals surface area contributed by atoms with Crippen molar-refractivity contribution in [2.45, 2.75) is 6.92 Å². The minimum atomic E-state index is -4.07. The molecule has 0 saturated carbocycles. The van der Waals surface area contributed by atoms with Gasteiger partial charge in [-0.1, -0.05) is 0 Å².